The maximum atomic E-state index is 12.2. The van der Waals surface area contributed by atoms with Gasteiger partial charge in [-0.3, -0.25) is 4.79 Å². The van der Waals surface area contributed by atoms with Crippen LogP contribution >= 0.6 is 0 Å². The Balaban J connectivity index is 2.52. The van der Waals surface area contributed by atoms with Gasteiger partial charge in [0.2, 0.25) is 5.91 Å². The number of nitrogens with zero attached hydrogens (tertiary/aromatic N) is 2. The SMILES string of the molecule is CCN(CC)C(=O)C(C#N)CCCOc1cc(C)c(C)cc1C. The molecular weight excluding hydrogens is 288 g/mol. The fraction of sp³-hybridized carbons (Fsp3) is 0.579. The van der Waals surface area contributed by atoms with E-state index in [1.165, 1.54) is 11.1 Å². The first-order chi connectivity index (χ1) is 10.9. The van der Waals surface area contributed by atoms with Crippen molar-refractivity contribution in [3.8, 4) is 11.8 Å². The van der Waals surface area contributed by atoms with Crippen molar-refractivity contribution in [2.75, 3.05) is 19.7 Å². The maximum absolute atomic E-state index is 12.2. The molecule has 0 N–H and O–H groups in total. The maximum Gasteiger partial charge on any atom is 0.239 e. The standard InChI is InChI=1S/C19H28N2O2/c1-6-21(7-2)19(22)17(13-20)9-8-10-23-18-12-15(4)14(3)11-16(18)5/h11-12,17H,6-10H2,1-5H3. The fourth-order valence-electron chi connectivity index (χ4n) is 2.56. The highest BCUT2D eigenvalue weighted by molar-refractivity contribution is 5.81. The van der Waals surface area contributed by atoms with E-state index in [9.17, 15) is 10.1 Å². The van der Waals surface area contributed by atoms with Crippen molar-refractivity contribution in [2.24, 2.45) is 5.92 Å². The minimum Gasteiger partial charge on any atom is -0.493 e. The molecule has 0 saturated carbocycles. The van der Waals surface area contributed by atoms with E-state index in [1.807, 2.05) is 26.8 Å². The summed E-state index contributed by atoms with van der Waals surface area (Å²) in [5.74, 6) is 0.246. The average Bonchev–Trinajstić information content (AvgIpc) is 2.53. The lowest BCUT2D eigenvalue weighted by atomic mass is 10.0. The molecule has 0 heterocycles. The molecule has 1 aromatic rings. The minimum atomic E-state index is -0.570. The molecule has 4 nitrogen and oxygen atoms in total. The summed E-state index contributed by atoms with van der Waals surface area (Å²) in [6, 6.07) is 6.30. The molecule has 0 aromatic heterocycles. The van der Waals surface area contributed by atoms with Gasteiger partial charge in [0.05, 0.1) is 12.7 Å². The molecule has 0 aliphatic heterocycles. The van der Waals surface area contributed by atoms with E-state index in [0.29, 0.717) is 32.5 Å². The number of amides is 1. The predicted octanol–water partition coefficient (Wildman–Crippen LogP) is 3.78. The molecule has 1 amide bonds. The zero-order valence-corrected chi connectivity index (χ0v) is 15.0. The number of carbonyl (C=O) groups is 1. The molecule has 0 aliphatic carbocycles. The molecule has 1 atom stereocenters. The quantitative estimate of drug-likeness (QED) is 0.686. The summed E-state index contributed by atoms with van der Waals surface area (Å²) in [4.78, 5) is 13.9. The van der Waals surface area contributed by atoms with Gasteiger partial charge in [-0.25, -0.2) is 0 Å². The number of ether oxygens (including phenoxy) is 1. The molecule has 1 aromatic carbocycles. The van der Waals surface area contributed by atoms with Crippen LogP contribution in [0.2, 0.25) is 0 Å². The lowest BCUT2D eigenvalue weighted by molar-refractivity contribution is -0.133. The molecule has 0 fully saturated rings. The number of benzene rings is 1. The Hall–Kier alpha value is -2.02. The van der Waals surface area contributed by atoms with Gasteiger partial charge in [0, 0.05) is 13.1 Å². The largest absolute Gasteiger partial charge is 0.493 e. The van der Waals surface area contributed by atoms with E-state index in [4.69, 9.17) is 4.74 Å². The van der Waals surface area contributed by atoms with E-state index < -0.39 is 5.92 Å². The lowest BCUT2D eigenvalue weighted by Gasteiger charge is -2.21. The Morgan fingerprint density at radius 1 is 1.17 bits per heavy atom. The number of nitriles is 1. The molecule has 0 saturated heterocycles. The van der Waals surface area contributed by atoms with E-state index in [-0.39, 0.29) is 5.91 Å². The van der Waals surface area contributed by atoms with Crippen LogP contribution in [0.15, 0.2) is 12.1 Å². The van der Waals surface area contributed by atoms with Gasteiger partial charge in [0.15, 0.2) is 0 Å². The van der Waals surface area contributed by atoms with Crippen LogP contribution in [0.5, 0.6) is 5.75 Å². The summed E-state index contributed by atoms with van der Waals surface area (Å²) in [6.07, 6.45) is 1.23. The fourth-order valence-corrected chi connectivity index (χ4v) is 2.56. The molecule has 126 valence electrons. The molecule has 0 bridgehead atoms. The van der Waals surface area contributed by atoms with E-state index in [2.05, 4.69) is 26.0 Å². The van der Waals surface area contributed by atoms with Gasteiger partial charge >= 0.3 is 0 Å². The van der Waals surface area contributed by atoms with Crippen molar-refractivity contribution in [2.45, 2.75) is 47.5 Å². The van der Waals surface area contributed by atoms with Crippen LogP contribution in [0.3, 0.4) is 0 Å². The average molecular weight is 316 g/mol. The zero-order valence-electron chi connectivity index (χ0n) is 15.0. The summed E-state index contributed by atoms with van der Waals surface area (Å²) in [5.41, 5.74) is 3.57. The molecule has 1 rings (SSSR count). The van der Waals surface area contributed by atoms with Gasteiger partial charge in [0.1, 0.15) is 11.7 Å². The van der Waals surface area contributed by atoms with Crippen molar-refractivity contribution >= 4 is 5.91 Å². The Bertz CT molecular complexity index is 571. The predicted molar refractivity (Wildman–Crippen MR) is 92.4 cm³/mol. The van der Waals surface area contributed by atoms with Crippen LogP contribution in [-0.2, 0) is 4.79 Å². The van der Waals surface area contributed by atoms with Crippen molar-refractivity contribution < 1.29 is 9.53 Å². The number of aryl methyl sites for hydroxylation is 3. The number of hydrogen-bond donors (Lipinski definition) is 0. The number of carbonyl (C=O) groups excluding carboxylic acids is 1. The van der Waals surface area contributed by atoms with E-state index in [0.717, 1.165) is 11.3 Å². The summed E-state index contributed by atoms with van der Waals surface area (Å²) >= 11 is 0. The van der Waals surface area contributed by atoms with Crippen LogP contribution in [0.25, 0.3) is 0 Å². The number of hydrogen-bond acceptors (Lipinski definition) is 3. The summed E-state index contributed by atoms with van der Waals surface area (Å²) in [5, 5.41) is 9.23. The van der Waals surface area contributed by atoms with Crippen LogP contribution in [0, 0.1) is 38.0 Å². The zero-order chi connectivity index (χ0) is 17.4. The Morgan fingerprint density at radius 3 is 2.35 bits per heavy atom. The first-order valence-electron chi connectivity index (χ1n) is 8.33. The first-order valence-corrected chi connectivity index (χ1v) is 8.33. The van der Waals surface area contributed by atoms with Gasteiger partial charge < -0.3 is 9.64 Å². The summed E-state index contributed by atoms with van der Waals surface area (Å²) < 4.78 is 5.83. The van der Waals surface area contributed by atoms with Gasteiger partial charge in [-0.1, -0.05) is 6.07 Å². The Labute approximate surface area is 140 Å². The molecular formula is C19H28N2O2. The topological polar surface area (TPSA) is 53.3 Å². The molecule has 0 radical (unpaired) electrons. The third-order valence-electron chi connectivity index (χ3n) is 4.22. The highest BCUT2D eigenvalue weighted by atomic mass is 16.5. The Morgan fingerprint density at radius 2 is 1.78 bits per heavy atom. The van der Waals surface area contributed by atoms with Gasteiger partial charge in [-0.2, -0.15) is 5.26 Å². The van der Waals surface area contributed by atoms with E-state index >= 15 is 0 Å². The van der Waals surface area contributed by atoms with Crippen LogP contribution < -0.4 is 4.74 Å². The summed E-state index contributed by atoms with van der Waals surface area (Å²) in [6.45, 7) is 11.9. The third kappa shape index (κ3) is 5.28. The van der Waals surface area contributed by atoms with Crippen molar-refractivity contribution in [3.05, 3.63) is 28.8 Å². The monoisotopic (exact) mass is 316 g/mol. The molecule has 23 heavy (non-hydrogen) atoms. The van der Waals surface area contributed by atoms with Gasteiger partial charge in [-0.05, 0) is 70.2 Å². The smallest absolute Gasteiger partial charge is 0.239 e. The van der Waals surface area contributed by atoms with E-state index in [1.54, 1.807) is 4.90 Å². The van der Waals surface area contributed by atoms with Gasteiger partial charge in [-0.15, -0.1) is 0 Å². The number of rotatable bonds is 8. The summed E-state index contributed by atoms with van der Waals surface area (Å²) in [7, 11) is 0. The molecule has 0 spiro atoms. The van der Waals surface area contributed by atoms with Crippen molar-refractivity contribution in [1.82, 2.24) is 4.90 Å². The highest BCUT2D eigenvalue weighted by Gasteiger charge is 2.21. The first kappa shape index (κ1) is 19.0. The van der Waals surface area contributed by atoms with Crippen molar-refractivity contribution in [3.63, 3.8) is 0 Å². The second-order valence-corrected chi connectivity index (χ2v) is 5.88. The normalized spacial score (nSPS) is 11.7. The Kier molecular flexibility index (Phi) is 7.61. The third-order valence-corrected chi connectivity index (χ3v) is 4.22. The van der Waals surface area contributed by atoms with Crippen molar-refractivity contribution in [1.29, 1.82) is 5.26 Å². The second kappa shape index (κ2) is 9.19. The van der Waals surface area contributed by atoms with Crippen LogP contribution in [0.1, 0.15) is 43.4 Å². The molecule has 4 heteroatoms. The van der Waals surface area contributed by atoms with Crippen LogP contribution in [0.4, 0.5) is 0 Å². The van der Waals surface area contributed by atoms with Gasteiger partial charge in [0.25, 0.3) is 0 Å². The lowest BCUT2D eigenvalue weighted by Crippen LogP contribution is -2.35. The van der Waals surface area contributed by atoms with Crippen LogP contribution in [-0.4, -0.2) is 30.5 Å². The second-order valence-electron chi connectivity index (χ2n) is 5.88. The molecule has 1 unspecified atom stereocenters. The minimum absolute atomic E-state index is 0.0696. The highest BCUT2D eigenvalue weighted by Crippen LogP contribution is 2.22. The molecule has 0 aliphatic rings.